The molecule has 1 aromatic carbocycles. The number of aromatic nitrogens is 1. The van der Waals surface area contributed by atoms with Gasteiger partial charge < -0.3 is 19.9 Å². The van der Waals surface area contributed by atoms with Crippen molar-refractivity contribution in [1.29, 1.82) is 0 Å². The number of nitrogens with one attached hydrogen (secondary N) is 1. The maximum Gasteiger partial charge on any atom is 0.0791 e. The van der Waals surface area contributed by atoms with Gasteiger partial charge in [0.15, 0.2) is 0 Å². The van der Waals surface area contributed by atoms with Gasteiger partial charge >= 0.3 is 0 Å². The van der Waals surface area contributed by atoms with Gasteiger partial charge in [-0.2, -0.15) is 0 Å². The van der Waals surface area contributed by atoms with Crippen molar-refractivity contribution in [3.63, 3.8) is 0 Å². The summed E-state index contributed by atoms with van der Waals surface area (Å²) in [7, 11) is 0. The van der Waals surface area contributed by atoms with E-state index >= 15 is 0 Å². The smallest absolute Gasteiger partial charge is 0.0791 e. The quantitative estimate of drug-likeness (QED) is 0.784. The van der Waals surface area contributed by atoms with Gasteiger partial charge in [-0.15, -0.1) is 0 Å². The molecule has 124 valence electrons. The molecule has 1 unspecified atom stereocenters. The predicted molar refractivity (Wildman–Crippen MR) is 93.4 cm³/mol. The van der Waals surface area contributed by atoms with Crippen LogP contribution in [0.5, 0.6) is 0 Å². The van der Waals surface area contributed by atoms with Crippen LogP contribution in [-0.2, 0) is 13.1 Å². The fourth-order valence-corrected chi connectivity index (χ4v) is 3.24. The van der Waals surface area contributed by atoms with Crippen LogP contribution in [0.25, 0.3) is 0 Å². The molecule has 4 nitrogen and oxygen atoms in total. The monoisotopic (exact) mass is 313 g/mol. The first kappa shape index (κ1) is 16.2. The van der Waals surface area contributed by atoms with Crippen LogP contribution in [-0.4, -0.2) is 46.9 Å². The first-order valence-corrected chi connectivity index (χ1v) is 8.60. The number of aliphatic hydroxyl groups excluding tert-OH is 1. The molecule has 0 bridgehead atoms. The Kier molecular flexibility index (Phi) is 5.86. The molecule has 0 saturated carbocycles. The molecule has 0 amide bonds. The SMILES string of the molecule is OC(CNCc1cccn1Cc1ccccc1)CN1CCCC1. The molecule has 0 spiro atoms. The number of β-amino-alcohol motifs (C(OH)–C–C–N with tert-alkyl or cyclic N) is 1. The summed E-state index contributed by atoms with van der Waals surface area (Å²) >= 11 is 0. The van der Waals surface area contributed by atoms with Crippen LogP contribution in [0.2, 0.25) is 0 Å². The van der Waals surface area contributed by atoms with Gasteiger partial charge in [0.25, 0.3) is 0 Å². The fraction of sp³-hybridized carbons (Fsp3) is 0.474. The van der Waals surface area contributed by atoms with Gasteiger partial charge in [-0.05, 0) is 43.6 Å². The summed E-state index contributed by atoms with van der Waals surface area (Å²) in [5, 5.41) is 13.5. The van der Waals surface area contributed by atoms with Gasteiger partial charge in [0.1, 0.15) is 0 Å². The molecule has 1 aromatic heterocycles. The number of aliphatic hydroxyl groups is 1. The van der Waals surface area contributed by atoms with Gasteiger partial charge in [0.2, 0.25) is 0 Å². The highest BCUT2D eigenvalue weighted by Crippen LogP contribution is 2.09. The van der Waals surface area contributed by atoms with E-state index in [2.05, 4.69) is 57.4 Å². The highest BCUT2D eigenvalue weighted by Gasteiger charge is 2.15. The summed E-state index contributed by atoms with van der Waals surface area (Å²) in [6.45, 7) is 5.39. The fourth-order valence-electron chi connectivity index (χ4n) is 3.24. The van der Waals surface area contributed by atoms with Crippen molar-refractivity contribution in [2.75, 3.05) is 26.2 Å². The lowest BCUT2D eigenvalue weighted by Crippen LogP contribution is -2.37. The Morgan fingerprint density at radius 2 is 1.83 bits per heavy atom. The average molecular weight is 313 g/mol. The molecule has 0 aliphatic carbocycles. The molecule has 23 heavy (non-hydrogen) atoms. The summed E-state index contributed by atoms with van der Waals surface area (Å²) in [5.41, 5.74) is 2.56. The molecule has 1 aliphatic heterocycles. The largest absolute Gasteiger partial charge is 0.390 e. The van der Waals surface area contributed by atoms with E-state index in [-0.39, 0.29) is 6.10 Å². The average Bonchev–Trinajstić information content (AvgIpc) is 3.21. The molecule has 2 N–H and O–H groups in total. The zero-order valence-electron chi connectivity index (χ0n) is 13.7. The number of likely N-dealkylation sites (tertiary alicyclic amines) is 1. The Morgan fingerprint density at radius 1 is 1.04 bits per heavy atom. The zero-order valence-corrected chi connectivity index (χ0v) is 13.7. The third kappa shape index (κ3) is 4.93. The second-order valence-electron chi connectivity index (χ2n) is 6.41. The highest BCUT2D eigenvalue weighted by atomic mass is 16.3. The van der Waals surface area contributed by atoms with E-state index in [1.54, 1.807) is 0 Å². The van der Waals surface area contributed by atoms with Crippen LogP contribution in [0.4, 0.5) is 0 Å². The third-order valence-electron chi connectivity index (χ3n) is 4.47. The van der Waals surface area contributed by atoms with Crippen LogP contribution >= 0.6 is 0 Å². The predicted octanol–water partition coefficient (Wildman–Crippen LogP) is 2.08. The van der Waals surface area contributed by atoms with Crippen molar-refractivity contribution >= 4 is 0 Å². The van der Waals surface area contributed by atoms with Gasteiger partial charge in [-0.1, -0.05) is 30.3 Å². The topological polar surface area (TPSA) is 40.4 Å². The zero-order chi connectivity index (χ0) is 15.9. The van der Waals surface area contributed by atoms with Crippen molar-refractivity contribution in [3.05, 3.63) is 59.9 Å². The molecular formula is C19H27N3O. The summed E-state index contributed by atoms with van der Waals surface area (Å²) in [6, 6.07) is 14.7. The summed E-state index contributed by atoms with van der Waals surface area (Å²) in [6.07, 6.45) is 4.37. The molecule has 0 radical (unpaired) electrons. The minimum Gasteiger partial charge on any atom is -0.390 e. The maximum atomic E-state index is 10.1. The second-order valence-corrected chi connectivity index (χ2v) is 6.41. The first-order chi connectivity index (χ1) is 11.3. The number of nitrogens with zero attached hydrogens (tertiary/aromatic N) is 2. The Bertz CT molecular complexity index is 575. The minimum atomic E-state index is -0.286. The van der Waals surface area contributed by atoms with Crippen molar-refractivity contribution in [3.8, 4) is 0 Å². The van der Waals surface area contributed by atoms with Gasteiger partial charge in [-0.25, -0.2) is 0 Å². The van der Waals surface area contributed by atoms with Crippen LogP contribution in [0.15, 0.2) is 48.7 Å². The van der Waals surface area contributed by atoms with E-state index in [4.69, 9.17) is 0 Å². The maximum absolute atomic E-state index is 10.1. The van der Waals surface area contributed by atoms with Crippen molar-refractivity contribution < 1.29 is 5.11 Å². The lowest BCUT2D eigenvalue weighted by molar-refractivity contribution is 0.123. The summed E-state index contributed by atoms with van der Waals surface area (Å²) < 4.78 is 2.26. The van der Waals surface area contributed by atoms with Gasteiger partial charge in [0.05, 0.1) is 6.10 Å². The number of hydrogen-bond acceptors (Lipinski definition) is 3. The Morgan fingerprint density at radius 3 is 2.61 bits per heavy atom. The lowest BCUT2D eigenvalue weighted by atomic mass is 10.2. The van der Waals surface area contributed by atoms with E-state index in [0.29, 0.717) is 6.54 Å². The molecule has 1 saturated heterocycles. The van der Waals surface area contributed by atoms with E-state index in [1.807, 2.05) is 6.07 Å². The Labute approximate surface area is 138 Å². The molecule has 2 heterocycles. The van der Waals surface area contributed by atoms with Crippen LogP contribution < -0.4 is 5.32 Å². The van der Waals surface area contributed by atoms with Crippen molar-refractivity contribution in [2.45, 2.75) is 32.0 Å². The number of hydrogen-bond donors (Lipinski definition) is 2. The molecule has 1 atom stereocenters. The van der Waals surface area contributed by atoms with E-state index < -0.39 is 0 Å². The first-order valence-electron chi connectivity index (χ1n) is 8.60. The second kappa shape index (κ2) is 8.29. The summed E-state index contributed by atoms with van der Waals surface area (Å²) in [4.78, 5) is 2.35. The molecule has 4 heteroatoms. The lowest BCUT2D eigenvalue weighted by Gasteiger charge is -2.19. The highest BCUT2D eigenvalue weighted by molar-refractivity contribution is 5.17. The molecular weight excluding hydrogens is 286 g/mol. The van der Waals surface area contributed by atoms with Gasteiger partial charge in [0, 0.05) is 38.1 Å². The normalized spacial score (nSPS) is 16.7. The van der Waals surface area contributed by atoms with Crippen LogP contribution in [0.3, 0.4) is 0 Å². The Hall–Kier alpha value is -1.62. The third-order valence-corrected chi connectivity index (χ3v) is 4.47. The van der Waals surface area contributed by atoms with Crippen LogP contribution in [0.1, 0.15) is 24.1 Å². The van der Waals surface area contributed by atoms with E-state index in [1.165, 1.54) is 24.1 Å². The minimum absolute atomic E-state index is 0.286. The van der Waals surface area contributed by atoms with Crippen molar-refractivity contribution in [2.24, 2.45) is 0 Å². The Balaban J connectivity index is 1.44. The van der Waals surface area contributed by atoms with Gasteiger partial charge in [-0.3, -0.25) is 0 Å². The molecule has 1 fully saturated rings. The number of rotatable bonds is 8. The summed E-state index contributed by atoms with van der Waals surface area (Å²) in [5.74, 6) is 0. The standard InChI is InChI=1S/C19H27N3O/c23-19(16-21-10-4-5-11-21)14-20-13-18-9-6-12-22(18)15-17-7-2-1-3-8-17/h1-3,6-9,12,19-20,23H,4-5,10-11,13-16H2. The molecule has 2 aromatic rings. The molecule has 3 rings (SSSR count). The van der Waals surface area contributed by atoms with E-state index in [9.17, 15) is 5.11 Å². The van der Waals surface area contributed by atoms with E-state index in [0.717, 1.165) is 32.7 Å². The number of benzene rings is 1. The molecule has 1 aliphatic rings. The van der Waals surface area contributed by atoms with Crippen molar-refractivity contribution in [1.82, 2.24) is 14.8 Å². The van der Waals surface area contributed by atoms with Crippen LogP contribution in [0, 0.1) is 0 Å².